The molecule has 6 heteroatoms. The minimum absolute atomic E-state index is 0.336. The van der Waals surface area contributed by atoms with Crippen LogP contribution in [0, 0.1) is 0 Å². The third kappa shape index (κ3) is 2.15. The number of imidazole rings is 1. The molecule has 2 rings (SSSR count). The Bertz CT molecular complexity index is 546. The maximum absolute atomic E-state index is 12.6. The molecular formula is C11H8ClF3N2. The summed E-state index contributed by atoms with van der Waals surface area (Å²) in [4.78, 5) is 3.38. The van der Waals surface area contributed by atoms with Crippen molar-refractivity contribution in [2.45, 2.75) is 6.18 Å². The first-order valence-electron chi connectivity index (χ1n) is 4.75. The Labute approximate surface area is 101 Å². The SMILES string of the molecule is Cn1c(-c2ccccc2Cl)cnc1C(F)(F)F. The molecule has 2 nitrogen and oxygen atoms in total. The Morgan fingerprint density at radius 3 is 2.41 bits per heavy atom. The molecule has 0 N–H and O–H groups in total. The van der Waals surface area contributed by atoms with E-state index in [0.29, 0.717) is 16.3 Å². The van der Waals surface area contributed by atoms with Crippen molar-refractivity contribution in [3.8, 4) is 11.3 Å². The van der Waals surface area contributed by atoms with Gasteiger partial charge in [-0.15, -0.1) is 0 Å². The van der Waals surface area contributed by atoms with E-state index in [2.05, 4.69) is 4.98 Å². The molecule has 0 saturated heterocycles. The van der Waals surface area contributed by atoms with Crippen molar-refractivity contribution in [3.05, 3.63) is 41.3 Å². The van der Waals surface area contributed by atoms with Crippen LogP contribution in [-0.2, 0) is 13.2 Å². The fourth-order valence-corrected chi connectivity index (χ4v) is 1.82. The highest BCUT2D eigenvalue weighted by molar-refractivity contribution is 6.33. The molecule has 0 radical (unpaired) electrons. The molecule has 17 heavy (non-hydrogen) atoms. The Balaban J connectivity index is 2.56. The topological polar surface area (TPSA) is 17.8 Å². The summed E-state index contributed by atoms with van der Waals surface area (Å²) in [5.41, 5.74) is 0.864. The van der Waals surface area contributed by atoms with Crippen molar-refractivity contribution in [2.75, 3.05) is 0 Å². The lowest BCUT2D eigenvalue weighted by atomic mass is 10.2. The molecule has 0 aliphatic rings. The molecule has 0 amide bonds. The average Bonchev–Trinajstić information content (AvgIpc) is 2.60. The monoisotopic (exact) mass is 260 g/mol. The van der Waals surface area contributed by atoms with Gasteiger partial charge in [-0.2, -0.15) is 13.2 Å². The molecule has 2 aromatic rings. The van der Waals surface area contributed by atoms with E-state index in [1.54, 1.807) is 24.3 Å². The molecule has 0 unspecified atom stereocenters. The molecule has 0 fully saturated rings. The van der Waals surface area contributed by atoms with Crippen LogP contribution >= 0.6 is 11.6 Å². The highest BCUT2D eigenvalue weighted by Crippen LogP contribution is 2.33. The Morgan fingerprint density at radius 2 is 1.88 bits per heavy atom. The lowest BCUT2D eigenvalue weighted by molar-refractivity contribution is -0.146. The summed E-state index contributed by atoms with van der Waals surface area (Å²) in [6, 6.07) is 6.70. The van der Waals surface area contributed by atoms with E-state index in [4.69, 9.17) is 11.6 Å². The van der Waals surface area contributed by atoms with Gasteiger partial charge >= 0.3 is 6.18 Å². The summed E-state index contributed by atoms with van der Waals surface area (Å²) in [5, 5.41) is 0.393. The highest BCUT2D eigenvalue weighted by atomic mass is 35.5. The van der Waals surface area contributed by atoms with Crippen LogP contribution in [0.25, 0.3) is 11.3 Å². The van der Waals surface area contributed by atoms with Crippen LogP contribution in [0.4, 0.5) is 13.2 Å². The maximum Gasteiger partial charge on any atom is 0.449 e. The first-order chi connectivity index (χ1) is 7.91. The zero-order valence-corrected chi connectivity index (χ0v) is 9.55. The Kier molecular flexibility index (Phi) is 2.87. The van der Waals surface area contributed by atoms with Gasteiger partial charge in [0.1, 0.15) is 0 Å². The van der Waals surface area contributed by atoms with Crippen LogP contribution in [-0.4, -0.2) is 9.55 Å². The number of halogens is 4. The number of hydrogen-bond donors (Lipinski definition) is 0. The second-order valence-electron chi connectivity index (χ2n) is 3.50. The number of nitrogens with zero attached hydrogens (tertiary/aromatic N) is 2. The Hall–Kier alpha value is -1.49. The first kappa shape index (κ1) is 12.0. The predicted octanol–water partition coefficient (Wildman–Crippen LogP) is 3.76. The van der Waals surface area contributed by atoms with E-state index in [9.17, 15) is 13.2 Å². The van der Waals surface area contributed by atoms with Gasteiger partial charge in [0.05, 0.1) is 11.9 Å². The first-order valence-corrected chi connectivity index (χ1v) is 5.13. The van der Waals surface area contributed by atoms with Gasteiger partial charge in [0.25, 0.3) is 0 Å². The fraction of sp³-hybridized carbons (Fsp3) is 0.182. The summed E-state index contributed by atoms with van der Waals surface area (Å²) in [6.07, 6.45) is -3.29. The molecule has 0 spiro atoms. The van der Waals surface area contributed by atoms with Gasteiger partial charge in [-0.05, 0) is 6.07 Å². The van der Waals surface area contributed by atoms with Crippen molar-refractivity contribution in [3.63, 3.8) is 0 Å². The van der Waals surface area contributed by atoms with Crippen molar-refractivity contribution >= 4 is 11.6 Å². The van der Waals surface area contributed by atoms with Crippen LogP contribution in [0.15, 0.2) is 30.5 Å². The largest absolute Gasteiger partial charge is 0.449 e. The molecule has 1 heterocycles. The van der Waals surface area contributed by atoms with Crippen LogP contribution in [0.5, 0.6) is 0 Å². The minimum Gasteiger partial charge on any atom is -0.323 e. The van der Waals surface area contributed by atoms with Crippen molar-refractivity contribution < 1.29 is 13.2 Å². The average molecular weight is 261 g/mol. The summed E-state index contributed by atoms with van der Waals surface area (Å²) in [7, 11) is 1.31. The third-order valence-corrected chi connectivity index (χ3v) is 2.72. The van der Waals surface area contributed by atoms with Crippen LogP contribution < -0.4 is 0 Å². The van der Waals surface area contributed by atoms with E-state index in [1.807, 2.05) is 0 Å². The van der Waals surface area contributed by atoms with Gasteiger partial charge in [0.15, 0.2) is 0 Å². The van der Waals surface area contributed by atoms with Crippen molar-refractivity contribution in [1.82, 2.24) is 9.55 Å². The molecule has 0 aliphatic carbocycles. The lowest BCUT2D eigenvalue weighted by Gasteiger charge is -2.09. The van der Waals surface area contributed by atoms with Crippen LogP contribution in [0.1, 0.15) is 5.82 Å². The van der Waals surface area contributed by atoms with E-state index < -0.39 is 12.0 Å². The predicted molar refractivity (Wildman–Crippen MR) is 58.7 cm³/mol. The maximum atomic E-state index is 12.6. The number of aromatic nitrogens is 2. The summed E-state index contributed by atoms with van der Waals surface area (Å²) >= 11 is 5.93. The summed E-state index contributed by atoms with van der Waals surface area (Å²) in [6.45, 7) is 0. The summed E-state index contributed by atoms with van der Waals surface area (Å²) < 4.78 is 38.7. The zero-order chi connectivity index (χ0) is 12.6. The third-order valence-electron chi connectivity index (χ3n) is 2.39. The standard InChI is InChI=1S/C11H8ClF3N2/c1-17-9(6-16-10(17)11(13,14)15)7-4-2-3-5-8(7)12/h2-6H,1H3. The molecule has 0 saturated carbocycles. The second-order valence-corrected chi connectivity index (χ2v) is 3.91. The Morgan fingerprint density at radius 1 is 1.24 bits per heavy atom. The van der Waals surface area contributed by atoms with E-state index >= 15 is 0 Å². The van der Waals surface area contributed by atoms with E-state index in [0.717, 1.165) is 4.57 Å². The highest BCUT2D eigenvalue weighted by Gasteiger charge is 2.36. The molecule has 0 aliphatic heterocycles. The van der Waals surface area contributed by atoms with Gasteiger partial charge in [0, 0.05) is 17.6 Å². The van der Waals surface area contributed by atoms with Crippen molar-refractivity contribution in [1.29, 1.82) is 0 Å². The zero-order valence-electron chi connectivity index (χ0n) is 8.79. The van der Waals surface area contributed by atoms with Gasteiger partial charge < -0.3 is 4.57 Å². The number of hydrogen-bond acceptors (Lipinski definition) is 1. The number of benzene rings is 1. The molecule has 0 bridgehead atoms. The molecule has 90 valence electrons. The van der Waals surface area contributed by atoms with Gasteiger partial charge in [-0.1, -0.05) is 29.8 Å². The molecule has 1 aromatic heterocycles. The molecular weight excluding hydrogens is 253 g/mol. The van der Waals surface area contributed by atoms with Gasteiger partial charge in [-0.3, -0.25) is 0 Å². The quantitative estimate of drug-likeness (QED) is 0.763. The minimum atomic E-state index is -4.46. The second kappa shape index (κ2) is 4.07. The smallest absolute Gasteiger partial charge is 0.323 e. The fourth-order valence-electron chi connectivity index (χ4n) is 1.59. The molecule has 0 atom stereocenters. The van der Waals surface area contributed by atoms with E-state index in [1.165, 1.54) is 13.2 Å². The van der Waals surface area contributed by atoms with Gasteiger partial charge in [-0.25, -0.2) is 4.98 Å². The van der Waals surface area contributed by atoms with E-state index in [-0.39, 0.29) is 0 Å². The van der Waals surface area contributed by atoms with Crippen molar-refractivity contribution in [2.24, 2.45) is 7.05 Å². The van der Waals surface area contributed by atoms with Gasteiger partial charge in [0.2, 0.25) is 5.82 Å². The summed E-state index contributed by atoms with van der Waals surface area (Å²) in [5.74, 6) is -0.938. The normalized spacial score (nSPS) is 11.8. The number of rotatable bonds is 1. The molecule has 1 aromatic carbocycles. The number of alkyl halides is 3. The van der Waals surface area contributed by atoms with Crippen LogP contribution in [0.2, 0.25) is 5.02 Å². The lowest BCUT2D eigenvalue weighted by Crippen LogP contribution is -2.13. The van der Waals surface area contributed by atoms with Crippen LogP contribution in [0.3, 0.4) is 0 Å².